The highest BCUT2D eigenvalue weighted by molar-refractivity contribution is 4.93. The van der Waals surface area contributed by atoms with Gasteiger partial charge in [-0.25, -0.2) is 0 Å². The first-order chi connectivity index (χ1) is 7.22. The normalized spacial score (nSPS) is 21.5. The van der Waals surface area contributed by atoms with Crippen LogP contribution < -0.4 is 0 Å². The first-order valence-corrected chi connectivity index (χ1v) is 6.06. The van der Waals surface area contributed by atoms with Gasteiger partial charge in [0.05, 0.1) is 12.1 Å². The van der Waals surface area contributed by atoms with Gasteiger partial charge in [-0.1, -0.05) is 13.8 Å². The molecule has 1 heterocycles. The largest absolute Gasteiger partial charge is 0.303 e. The molecule has 0 bridgehead atoms. The van der Waals surface area contributed by atoms with Crippen molar-refractivity contribution in [2.45, 2.75) is 45.2 Å². The fourth-order valence-corrected chi connectivity index (χ4v) is 2.37. The lowest BCUT2D eigenvalue weighted by molar-refractivity contribution is 0.114. The Hall–Kier alpha value is -0.590. The lowest BCUT2D eigenvalue weighted by Gasteiger charge is -2.37. The summed E-state index contributed by atoms with van der Waals surface area (Å²) in [5, 5.41) is 9.02. The molecule has 1 fully saturated rings. The third-order valence-electron chi connectivity index (χ3n) is 3.61. The van der Waals surface area contributed by atoms with Crippen LogP contribution in [0.25, 0.3) is 0 Å². The molecule has 1 rings (SSSR count). The standard InChI is InChI=1S/C12H23N3/c1-4-11(10-13)14(3)12-6-8-15(5-2)9-7-12/h11-12H,4-9H2,1-3H3. The maximum atomic E-state index is 9.02. The van der Waals surface area contributed by atoms with Crippen molar-refractivity contribution in [2.24, 2.45) is 0 Å². The van der Waals surface area contributed by atoms with Crippen molar-refractivity contribution < 1.29 is 0 Å². The van der Waals surface area contributed by atoms with Crippen LogP contribution >= 0.6 is 0 Å². The molecule has 0 aromatic heterocycles. The molecule has 0 aliphatic carbocycles. The first kappa shape index (κ1) is 12.5. The number of nitriles is 1. The molecule has 3 heteroatoms. The van der Waals surface area contributed by atoms with Gasteiger partial charge in [-0.05, 0) is 45.9 Å². The fourth-order valence-electron chi connectivity index (χ4n) is 2.37. The molecule has 15 heavy (non-hydrogen) atoms. The number of piperidine rings is 1. The number of hydrogen-bond acceptors (Lipinski definition) is 3. The molecule has 0 spiro atoms. The molecule has 1 aliphatic heterocycles. The van der Waals surface area contributed by atoms with E-state index in [1.165, 1.54) is 25.9 Å². The van der Waals surface area contributed by atoms with Crippen molar-refractivity contribution in [1.82, 2.24) is 9.80 Å². The number of hydrogen-bond donors (Lipinski definition) is 0. The lowest BCUT2D eigenvalue weighted by atomic mass is 10.0. The van der Waals surface area contributed by atoms with Crippen LogP contribution in [-0.2, 0) is 0 Å². The van der Waals surface area contributed by atoms with E-state index in [1.807, 2.05) is 0 Å². The minimum Gasteiger partial charge on any atom is -0.303 e. The molecule has 0 N–H and O–H groups in total. The Morgan fingerprint density at radius 2 is 2.00 bits per heavy atom. The smallest absolute Gasteiger partial charge is 0.0975 e. The summed E-state index contributed by atoms with van der Waals surface area (Å²) in [7, 11) is 2.10. The monoisotopic (exact) mass is 209 g/mol. The average molecular weight is 209 g/mol. The maximum absolute atomic E-state index is 9.02. The van der Waals surface area contributed by atoms with Crippen molar-refractivity contribution in [3.63, 3.8) is 0 Å². The molecule has 0 amide bonds. The van der Waals surface area contributed by atoms with Gasteiger partial charge in [-0.2, -0.15) is 5.26 Å². The van der Waals surface area contributed by atoms with Crippen LogP contribution in [0.2, 0.25) is 0 Å². The van der Waals surface area contributed by atoms with E-state index in [0.717, 1.165) is 13.0 Å². The fraction of sp³-hybridized carbons (Fsp3) is 0.917. The average Bonchev–Trinajstić information content (AvgIpc) is 2.30. The zero-order chi connectivity index (χ0) is 11.3. The van der Waals surface area contributed by atoms with Crippen LogP contribution in [0.3, 0.4) is 0 Å². The van der Waals surface area contributed by atoms with E-state index in [-0.39, 0.29) is 6.04 Å². The summed E-state index contributed by atoms with van der Waals surface area (Å²) in [6.45, 7) is 7.84. The highest BCUT2D eigenvalue weighted by atomic mass is 15.2. The summed E-state index contributed by atoms with van der Waals surface area (Å²) in [5.74, 6) is 0. The second-order valence-electron chi connectivity index (χ2n) is 4.38. The van der Waals surface area contributed by atoms with Crippen molar-refractivity contribution in [1.29, 1.82) is 5.26 Å². The Balaban J connectivity index is 2.42. The molecule has 86 valence electrons. The summed E-state index contributed by atoms with van der Waals surface area (Å²) in [6, 6.07) is 3.10. The van der Waals surface area contributed by atoms with Gasteiger partial charge in [0.2, 0.25) is 0 Å². The van der Waals surface area contributed by atoms with Crippen LogP contribution in [0.1, 0.15) is 33.1 Å². The van der Waals surface area contributed by atoms with Crippen LogP contribution in [0.4, 0.5) is 0 Å². The van der Waals surface area contributed by atoms with Crippen LogP contribution in [0, 0.1) is 11.3 Å². The molecule has 1 atom stereocenters. The lowest BCUT2D eigenvalue weighted by Crippen LogP contribution is -2.46. The van der Waals surface area contributed by atoms with E-state index in [0.29, 0.717) is 6.04 Å². The van der Waals surface area contributed by atoms with Crippen LogP contribution in [0.5, 0.6) is 0 Å². The van der Waals surface area contributed by atoms with Gasteiger partial charge < -0.3 is 4.90 Å². The minimum absolute atomic E-state index is 0.100. The van der Waals surface area contributed by atoms with Gasteiger partial charge >= 0.3 is 0 Å². The van der Waals surface area contributed by atoms with Gasteiger partial charge in [0.1, 0.15) is 0 Å². The molecule has 1 unspecified atom stereocenters. The predicted molar refractivity (Wildman–Crippen MR) is 62.6 cm³/mol. The molecule has 0 saturated carbocycles. The minimum atomic E-state index is 0.100. The van der Waals surface area contributed by atoms with Gasteiger partial charge in [-0.3, -0.25) is 4.90 Å². The molecular weight excluding hydrogens is 186 g/mol. The Bertz CT molecular complexity index is 213. The molecule has 3 nitrogen and oxygen atoms in total. The third-order valence-corrected chi connectivity index (χ3v) is 3.61. The van der Waals surface area contributed by atoms with Gasteiger partial charge in [0, 0.05) is 6.04 Å². The summed E-state index contributed by atoms with van der Waals surface area (Å²) in [4.78, 5) is 4.75. The summed E-state index contributed by atoms with van der Waals surface area (Å²) >= 11 is 0. The van der Waals surface area contributed by atoms with Crippen molar-refractivity contribution in [2.75, 3.05) is 26.7 Å². The molecular formula is C12H23N3. The maximum Gasteiger partial charge on any atom is 0.0975 e. The Morgan fingerprint density at radius 1 is 1.40 bits per heavy atom. The Labute approximate surface area is 93.7 Å². The van der Waals surface area contributed by atoms with E-state index < -0.39 is 0 Å². The second kappa shape index (κ2) is 6.09. The van der Waals surface area contributed by atoms with E-state index in [1.54, 1.807) is 0 Å². The highest BCUT2D eigenvalue weighted by Crippen LogP contribution is 2.17. The highest BCUT2D eigenvalue weighted by Gasteiger charge is 2.25. The quantitative estimate of drug-likeness (QED) is 0.706. The van der Waals surface area contributed by atoms with E-state index >= 15 is 0 Å². The molecule has 0 aromatic rings. The second-order valence-corrected chi connectivity index (χ2v) is 4.38. The summed E-state index contributed by atoms with van der Waals surface area (Å²) in [6.07, 6.45) is 3.35. The van der Waals surface area contributed by atoms with Crippen LogP contribution in [0.15, 0.2) is 0 Å². The molecule has 1 saturated heterocycles. The number of nitrogens with zero attached hydrogens (tertiary/aromatic N) is 3. The van der Waals surface area contributed by atoms with Gasteiger partial charge in [-0.15, -0.1) is 0 Å². The van der Waals surface area contributed by atoms with Crippen molar-refractivity contribution >= 4 is 0 Å². The number of rotatable bonds is 4. The van der Waals surface area contributed by atoms with Gasteiger partial charge in [0.25, 0.3) is 0 Å². The zero-order valence-electron chi connectivity index (χ0n) is 10.2. The third kappa shape index (κ3) is 3.19. The topological polar surface area (TPSA) is 30.3 Å². The zero-order valence-corrected chi connectivity index (χ0v) is 10.2. The van der Waals surface area contributed by atoms with E-state index in [2.05, 4.69) is 36.8 Å². The first-order valence-electron chi connectivity index (χ1n) is 6.06. The van der Waals surface area contributed by atoms with Crippen molar-refractivity contribution in [3.05, 3.63) is 0 Å². The Morgan fingerprint density at radius 3 is 2.40 bits per heavy atom. The molecule has 0 radical (unpaired) electrons. The number of likely N-dealkylation sites (tertiary alicyclic amines) is 1. The van der Waals surface area contributed by atoms with Crippen LogP contribution in [-0.4, -0.2) is 48.6 Å². The Kier molecular flexibility index (Phi) is 5.07. The summed E-state index contributed by atoms with van der Waals surface area (Å²) in [5.41, 5.74) is 0. The SMILES string of the molecule is CCC(C#N)N(C)C1CCN(CC)CC1. The van der Waals surface area contributed by atoms with Gasteiger partial charge in [0.15, 0.2) is 0 Å². The van der Waals surface area contributed by atoms with E-state index in [9.17, 15) is 0 Å². The molecule has 1 aliphatic rings. The molecule has 0 aromatic carbocycles. The predicted octanol–water partition coefficient (Wildman–Crippen LogP) is 1.70. The summed E-state index contributed by atoms with van der Waals surface area (Å²) < 4.78 is 0. The van der Waals surface area contributed by atoms with E-state index in [4.69, 9.17) is 5.26 Å². The van der Waals surface area contributed by atoms with Crippen molar-refractivity contribution in [3.8, 4) is 6.07 Å².